The molecule has 0 aliphatic heterocycles. The van der Waals surface area contributed by atoms with Crippen molar-refractivity contribution in [1.29, 1.82) is 0 Å². The monoisotopic (exact) mass is 290 g/mol. The lowest BCUT2D eigenvalue weighted by molar-refractivity contribution is -0.385. The Morgan fingerprint density at radius 1 is 1.43 bits per heavy atom. The fraction of sp³-hybridized carbons (Fsp3) is 0.500. The van der Waals surface area contributed by atoms with E-state index in [9.17, 15) is 10.1 Å². The SMILES string of the molecule is CCCOc1cc(NCCC2=CCCC2)ccc1[N+](=O)[O-]. The van der Waals surface area contributed by atoms with Gasteiger partial charge in [-0.1, -0.05) is 18.6 Å². The van der Waals surface area contributed by atoms with Gasteiger partial charge in [-0.3, -0.25) is 10.1 Å². The van der Waals surface area contributed by atoms with E-state index in [4.69, 9.17) is 4.74 Å². The number of hydrogen-bond acceptors (Lipinski definition) is 4. The first-order valence-corrected chi connectivity index (χ1v) is 7.53. The molecule has 21 heavy (non-hydrogen) atoms. The highest BCUT2D eigenvalue weighted by atomic mass is 16.6. The maximum absolute atomic E-state index is 11.0. The van der Waals surface area contributed by atoms with Crippen LogP contribution in [-0.4, -0.2) is 18.1 Å². The van der Waals surface area contributed by atoms with E-state index in [0.717, 1.165) is 25.1 Å². The number of allylic oxidation sites excluding steroid dienone is 1. The molecule has 1 N–H and O–H groups in total. The fourth-order valence-corrected chi connectivity index (χ4v) is 2.43. The van der Waals surface area contributed by atoms with E-state index >= 15 is 0 Å². The summed E-state index contributed by atoms with van der Waals surface area (Å²) in [7, 11) is 0. The minimum atomic E-state index is -0.405. The molecule has 1 aromatic rings. The first-order chi connectivity index (χ1) is 10.2. The van der Waals surface area contributed by atoms with Crippen molar-refractivity contribution in [3.05, 3.63) is 40.0 Å². The van der Waals surface area contributed by atoms with Gasteiger partial charge < -0.3 is 10.1 Å². The number of nitro groups is 1. The van der Waals surface area contributed by atoms with Gasteiger partial charge in [0.15, 0.2) is 5.75 Å². The number of anilines is 1. The van der Waals surface area contributed by atoms with Crippen LogP contribution < -0.4 is 10.1 Å². The number of nitro benzene ring substituents is 1. The van der Waals surface area contributed by atoms with E-state index in [-0.39, 0.29) is 5.69 Å². The number of benzene rings is 1. The Hall–Kier alpha value is -2.04. The maximum Gasteiger partial charge on any atom is 0.311 e. The average molecular weight is 290 g/mol. The normalized spacial score (nSPS) is 13.9. The Morgan fingerprint density at radius 3 is 2.95 bits per heavy atom. The summed E-state index contributed by atoms with van der Waals surface area (Å²) in [5.74, 6) is 0.340. The van der Waals surface area contributed by atoms with Gasteiger partial charge >= 0.3 is 5.69 Å². The van der Waals surface area contributed by atoms with E-state index in [1.807, 2.05) is 6.92 Å². The first kappa shape index (κ1) is 15.4. The molecule has 0 saturated carbocycles. The minimum absolute atomic E-state index is 0.0208. The fourth-order valence-electron chi connectivity index (χ4n) is 2.43. The van der Waals surface area contributed by atoms with Crippen molar-refractivity contribution in [1.82, 2.24) is 0 Å². The van der Waals surface area contributed by atoms with Crippen LogP contribution in [0.1, 0.15) is 39.0 Å². The van der Waals surface area contributed by atoms with Crippen LogP contribution >= 0.6 is 0 Å². The van der Waals surface area contributed by atoms with Crippen LogP contribution in [0.15, 0.2) is 29.8 Å². The summed E-state index contributed by atoms with van der Waals surface area (Å²) in [6.07, 6.45) is 7.83. The predicted octanol–water partition coefficient (Wildman–Crippen LogP) is 4.30. The second-order valence-corrected chi connectivity index (χ2v) is 5.22. The van der Waals surface area contributed by atoms with Gasteiger partial charge in [-0.15, -0.1) is 0 Å². The quantitative estimate of drug-likeness (QED) is 0.440. The summed E-state index contributed by atoms with van der Waals surface area (Å²) < 4.78 is 5.47. The van der Waals surface area contributed by atoms with Crippen LogP contribution in [0.5, 0.6) is 5.75 Å². The zero-order chi connectivity index (χ0) is 15.1. The van der Waals surface area contributed by atoms with Crippen molar-refractivity contribution in [3.8, 4) is 5.75 Å². The van der Waals surface area contributed by atoms with E-state index in [1.165, 1.54) is 30.9 Å². The van der Waals surface area contributed by atoms with Gasteiger partial charge in [0.2, 0.25) is 0 Å². The van der Waals surface area contributed by atoms with E-state index in [0.29, 0.717) is 12.4 Å². The molecule has 2 rings (SSSR count). The predicted molar refractivity (Wildman–Crippen MR) is 83.9 cm³/mol. The van der Waals surface area contributed by atoms with Crippen molar-refractivity contribution >= 4 is 11.4 Å². The molecule has 0 fully saturated rings. The molecule has 0 bridgehead atoms. The molecule has 114 valence electrons. The molecule has 1 aromatic carbocycles. The van der Waals surface area contributed by atoms with Crippen LogP contribution in [-0.2, 0) is 0 Å². The van der Waals surface area contributed by atoms with Gasteiger partial charge in [0.1, 0.15) is 0 Å². The number of nitrogens with one attached hydrogen (secondary N) is 1. The number of ether oxygens (including phenoxy) is 1. The Kier molecular flexibility index (Phi) is 5.60. The van der Waals surface area contributed by atoms with Crippen LogP contribution in [0.25, 0.3) is 0 Å². The highest BCUT2D eigenvalue weighted by Crippen LogP contribution is 2.30. The Bertz CT molecular complexity index is 526. The lowest BCUT2D eigenvalue weighted by Crippen LogP contribution is -2.04. The topological polar surface area (TPSA) is 64.4 Å². The van der Waals surface area contributed by atoms with E-state index in [2.05, 4.69) is 11.4 Å². The Morgan fingerprint density at radius 2 is 2.29 bits per heavy atom. The highest BCUT2D eigenvalue weighted by Gasteiger charge is 2.15. The summed E-state index contributed by atoms with van der Waals surface area (Å²) in [6.45, 7) is 3.30. The molecule has 0 unspecified atom stereocenters. The third kappa shape index (κ3) is 4.48. The van der Waals surface area contributed by atoms with Gasteiger partial charge in [-0.05, 0) is 38.2 Å². The van der Waals surface area contributed by atoms with E-state index in [1.54, 1.807) is 12.1 Å². The van der Waals surface area contributed by atoms with Gasteiger partial charge in [-0.2, -0.15) is 0 Å². The minimum Gasteiger partial charge on any atom is -0.487 e. The highest BCUT2D eigenvalue weighted by molar-refractivity contribution is 5.58. The summed E-state index contributed by atoms with van der Waals surface area (Å²) in [5.41, 5.74) is 2.39. The summed E-state index contributed by atoms with van der Waals surface area (Å²) in [4.78, 5) is 10.6. The van der Waals surface area contributed by atoms with Crippen LogP contribution in [0.3, 0.4) is 0 Å². The van der Waals surface area contributed by atoms with Gasteiger partial charge in [0.05, 0.1) is 11.5 Å². The maximum atomic E-state index is 11.0. The molecular formula is C16H22N2O3. The number of nitrogens with zero attached hydrogens (tertiary/aromatic N) is 1. The molecule has 0 aromatic heterocycles. The molecule has 0 spiro atoms. The number of rotatable bonds is 8. The van der Waals surface area contributed by atoms with Crippen molar-refractivity contribution in [3.63, 3.8) is 0 Å². The Labute approximate surface area is 125 Å². The van der Waals surface area contributed by atoms with Crippen LogP contribution in [0.2, 0.25) is 0 Å². The molecule has 1 aliphatic rings. The molecule has 0 heterocycles. The lowest BCUT2D eigenvalue weighted by Gasteiger charge is -2.10. The Balaban J connectivity index is 1.97. The third-order valence-corrected chi connectivity index (χ3v) is 3.53. The van der Waals surface area contributed by atoms with Gasteiger partial charge in [0, 0.05) is 24.4 Å². The number of hydrogen-bond donors (Lipinski definition) is 1. The van der Waals surface area contributed by atoms with Crippen molar-refractivity contribution in [2.24, 2.45) is 0 Å². The van der Waals surface area contributed by atoms with E-state index < -0.39 is 4.92 Å². The standard InChI is InChI=1S/C16H22N2O3/c1-2-11-21-16-12-14(7-8-15(16)18(19)20)17-10-9-13-5-3-4-6-13/h5,7-8,12,17H,2-4,6,9-11H2,1H3. The van der Waals surface area contributed by atoms with Crippen LogP contribution in [0, 0.1) is 10.1 Å². The molecule has 5 heteroatoms. The zero-order valence-corrected chi connectivity index (χ0v) is 12.4. The van der Waals surface area contributed by atoms with Crippen molar-refractivity contribution < 1.29 is 9.66 Å². The molecule has 1 aliphatic carbocycles. The summed E-state index contributed by atoms with van der Waals surface area (Å²) >= 11 is 0. The molecule has 5 nitrogen and oxygen atoms in total. The zero-order valence-electron chi connectivity index (χ0n) is 12.4. The smallest absolute Gasteiger partial charge is 0.311 e. The van der Waals surface area contributed by atoms with Gasteiger partial charge in [-0.25, -0.2) is 0 Å². The molecule has 0 saturated heterocycles. The van der Waals surface area contributed by atoms with Crippen molar-refractivity contribution in [2.45, 2.75) is 39.0 Å². The second kappa shape index (κ2) is 7.67. The molecule has 0 amide bonds. The molecular weight excluding hydrogens is 268 g/mol. The molecule has 0 radical (unpaired) electrons. The lowest BCUT2D eigenvalue weighted by atomic mass is 10.1. The average Bonchev–Trinajstić information content (AvgIpc) is 2.98. The summed E-state index contributed by atoms with van der Waals surface area (Å²) in [5, 5.41) is 14.3. The first-order valence-electron chi connectivity index (χ1n) is 7.53. The van der Waals surface area contributed by atoms with Crippen molar-refractivity contribution in [2.75, 3.05) is 18.5 Å². The third-order valence-electron chi connectivity index (χ3n) is 3.53. The largest absolute Gasteiger partial charge is 0.487 e. The van der Waals surface area contributed by atoms with Crippen LogP contribution in [0.4, 0.5) is 11.4 Å². The molecule has 0 atom stereocenters. The summed E-state index contributed by atoms with van der Waals surface area (Å²) in [6, 6.07) is 4.96. The second-order valence-electron chi connectivity index (χ2n) is 5.22. The van der Waals surface area contributed by atoms with Gasteiger partial charge in [0.25, 0.3) is 0 Å².